The van der Waals surface area contributed by atoms with E-state index < -0.39 is 0 Å². The van der Waals surface area contributed by atoms with Crippen LogP contribution in [0.15, 0.2) is 29.3 Å². The van der Waals surface area contributed by atoms with Gasteiger partial charge in [0.15, 0.2) is 0 Å². The van der Waals surface area contributed by atoms with Gasteiger partial charge in [0, 0.05) is 0 Å². The lowest BCUT2D eigenvalue weighted by molar-refractivity contribution is 0.469. The molecule has 18 heavy (non-hydrogen) atoms. The van der Waals surface area contributed by atoms with Gasteiger partial charge in [-0.15, -0.1) is 0 Å². The Hall–Kier alpha value is -0.980. The number of isothiocyanates is 1. The first-order valence-electron chi connectivity index (χ1n) is 6.22. The van der Waals surface area contributed by atoms with Gasteiger partial charge in [0.1, 0.15) is 0 Å². The Morgan fingerprint density at radius 2 is 1.28 bits per heavy atom. The Balaban J connectivity index is 0.000000494. The van der Waals surface area contributed by atoms with Gasteiger partial charge in [-0.1, -0.05) is 60.6 Å². The highest BCUT2D eigenvalue weighted by atomic mass is 32.1. The normalized spacial score (nSPS) is 11.1. The molecule has 0 aliphatic rings. The smallest absolute Gasteiger partial charge is 0.0739 e. The Morgan fingerprint density at radius 3 is 1.56 bits per heavy atom. The predicted octanol–water partition coefficient (Wildman–Crippen LogP) is 5.77. The first kappa shape index (κ1) is 17.0. The third kappa shape index (κ3) is 9.09. The Morgan fingerprint density at radius 1 is 0.889 bits per heavy atom. The number of nitrogens with zero attached hydrogens (tertiary/aromatic N) is 1. The molecule has 0 atom stereocenters. The van der Waals surface area contributed by atoms with Crippen molar-refractivity contribution in [3.05, 3.63) is 29.8 Å². The van der Waals surface area contributed by atoms with Gasteiger partial charge in [0.2, 0.25) is 0 Å². The van der Waals surface area contributed by atoms with Crippen molar-refractivity contribution in [1.82, 2.24) is 0 Å². The average molecular weight is 263 g/mol. The highest BCUT2D eigenvalue weighted by Gasteiger charge is 2.12. The first-order chi connectivity index (χ1) is 8.04. The standard InChI is InChI=1S/C11H13NS.C5H12/c1-11(2,3)9-4-6-10(7-5-9)12-8-13;1-5(2,3)4/h4-7H,1-3H3;1-4H3. The number of hydrogen-bond acceptors (Lipinski definition) is 2. The summed E-state index contributed by atoms with van der Waals surface area (Å²) in [4.78, 5) is 3.89. The fourth-order valence-electron chi connectivity index (χ4n) is 1.09. The highest BCUT2D eigenvalue weighted by molar-refractivity contribution is 7.78. The van der Waals surface area contributed by atoms with Gasteiger partial charge in [0.05, 0.1) is 10.8 Å². The zero-order valence-electron chi connectivity index (χ0n) is 12.7. The third-order valence-corrected chi connectivity index (χ3v) is 2.00. The SMILES string of the molecule is CC(C)(C)C.CC(C)(C)c1ccc(N=C=S)cc1. The van der Waals surface area contributed by atoms with Gasteiger partial charge < -0.3 is 0 Å². The maximum absolute atomic E-state index is 4.52. The second-order valence-corrected chi connectivity index (χ2v) is 7.18. The van der Waals surface area contributed by atoms with Crippen LogP contribution in [0.2, 0.25) is 0 Å². The second-order valence-electron chi connectivity index (χ2n) is 7.00. The first-order valence-corrected chi connectivity index (χ1v) is 6.63. The summed E-state index contributed by atoms with van der Waals surface area (Å²) in [6.07, 6.45) is 0. The summed E-state index contributed by atoms with van der Waals surface area (Å²) in [7, 11) is 0. The van der Waals surface area contributed by atoms with Crippen LogP contribution in [0.4, 0.5) is 5.69 Å². The molecule has 1 rings (SSSR count). The van der Waals surface area contributed by atoms with Crippen molar-refractivity contribution in [2.45, 2.75) is 53.9 Å². The second kappa shape index (κ2) is 6.82. The number of rotatable bonds is 1. The van der Waals surface area contributed by atoms with Crippen molar-refractivity contribution >= 4 is 23.1 Å². The minimum atomic E-state index is 0.194. The molecular formula is C16H25NS. The fourth-order valence-corrected chi connectivity index (χ4v) is 1.19. The minimum absolute atomic E-state index is 0.194. The topological polar surface area (TPSA) is 12.4 Å². The molecule has 2 heteroatoms. The maximum atomic E-state index is 4.52. The molecule has 0 aliphatic heterocycles. The summed E-state index contributed by atoms with van der Waals surface area (Å²) in [6, 6.07) is 8.07. The molecule has 1 aromatic carbocycles. The van der Waals surface area contributed by atoms with Crippen LogP contribution in [0, 0.1) is 5.41 Å². The molecule has 0 radical (unpaired) electrons. The molecule has 0 unspecified atom stereocenters. The molecule has 0 aliphatic carbocycles. The van der Waals surface area contributed by atoms with Gasteiger partial charge in [0.25, 0.3) is 0 Å². The largest absolute Gasteiger partial charge is 0.195 e. The van der Waals surface area contributed by atoms with Crippen LogP contribution in [0.1, 0.15) is 54.0 Å². The van der Waals surface area contributed by atoms with Gasteiger partial charge in [-0.25, -0.2) is 0 Å². The number of thiocarbonyl (C=S) groups is 1. The zero-order chi connectivity index (χ0) is 14.4. The molecule has 0 saturated heterocycles. The molecule has 0 bridgehead atoms. The summed E-state index contributed by atoms with van der Waals surface area (Å²) in [5.74, 6) is 0. The van der Waals surface area contributed by atoms with Gasteiger partial charge in [-0.05, 0) is 40.7 Å². The molecule has 0 N–H and O–H groups in total. The molecule has 1 nitrogen and oxygen atoms in total. The monoisotopic (exact) mass is 263 g/mol. The van der Waals surface area contributed by atoms with Crippen molar-refractivity contribution in [2.75, 3.05) is 0 Å². The molecule has 1 aromatic rings. The molecule has 0 aromatic heterocycles. The highest BCUT2D eigenvalue weighted by Crippen LogP contribution is 2.24. The average Bonchev–Trinajstić information content (AvgIpc) is 2.15. The van der Waals surface area contributed by atoms with Crippen molar-refractivity contribution in [3.8, 4) is 0 Å². The van der Waals surface area contributed by atoms with E-state index in [1.165, 1.54) is 5.56 Å². The zero-order valence-corrected chi connectivity index (χ0v) is 13.5. The lowest BCUT2D eigenvalue weighted by atomic mass is 9.87. The van der Waals surface area contributed by atoms with Crippen LogP contribution in [-0.2, 0) is 5.41 Å². The molecule has 100 valence electrons. The van der Waals surface area contributed by atoms with Crippen LogP contribution < -0.4 is 0 Å². The van der Waals surface area contributed by atoms with Crippen LogP contribution >= 0.6 is 12.2 Å². The van der Waals surface area contributed by atoms with Crippen molar-refractivity contribution in [2.24, 2.45) is 10.4 Å². The Bertz CT molecular complexity index is 392. The summed E-state index contributed by atoms with van der Waals surface area (Å²) in [5.41, 5.74) is 2.86. The van der Waals surface area contributed by atoms with Gasteiger partial charge in [-0.2, -0.15) is 4.99 Å². The molecule has 0 heterocycles. The van der Waals surface area contributed by atoms with Crippen molar-refractivity contribution in [3.63, 3.8) is 0 Å². The molecular weight excluding hydrogens is 238 g/mol. The van der Waals surface area contributed by atoms with E-state index in [0.717, 1.165) is 5.69 Å². The van der Waals surface area contributed by atoms with E-state index in [2.05, 4.69) is 83.0 Å². The van der Waals surface area contributed by atoms with Gasteiger partial charge >= 0.3 is 0 Å². The molecule has 0 fully saturated rings. The number of aliphatic imine (C=N–C) groups is 1. The van der Waals surface area contributed by atoms with E-state index in [-0.39, 0.29) is 5.41 Å². The van der Waals surface area contributed by atoms with Crippen LogP contribution in [0.5, 0.6) is 0 Å². The van der Waals surface area contributed by atoms with Crippen LogP contribution in [0.25, 0.3) is 0 Å². The van der Waals surface area contributed by atoms with Crippen LogP contribution in [0.3, 0.4) is 0 Å². The van der Waals surface area contributed by atoms with E-state index >= 15 is 0 Å². The van der Waals surface area contributed by atoms with Crippen molar-refractivity contribution in [1.29, 1.82) is 0 Å². The maximum Gasteiger partial charge on any atom is 0.0739 e. The molecule has 0 spiro atoms. The van der Waals surface area contributed by atoms with Gasteiger partial charge in [-0.3, -0.25) is 0 Å². The molecule has 0 saturated carbocycles. The summed E-state index contributed by atoms with van der Waals surface area (Å²) in [5, 5.41) is 2.35. The van der Waals surface area contributed by atoms with E-state index in [9.17, 15) is 0 Å². The third-order valence-electron chi connectivity index (χ3n) is 1.91. The Kier molecular flexibility index (Phi) is 6.45. The number of hydrogen-bond donors (Lipinski definition) is 0. The lowest BCUT2D eigenvalue weighted by Gasteiger charge is -2.18. The summed E-state index contributed by atoms with van der Waals surface area (Å²) >= 11 is 4.52. The minimum Gasteiger partial charge on any atom is -0.195 e. The Labute approximate surface area is 117 Å². The molecule has 0 amide bonds. The van der Waals surface area contributed by atoms with Crippen LogP contribution in [-0.4, -0.2) is 5.16 Å². The van der Waals surface area contributed by atoms with E-state index in [4.69, 9.17) is 0 Å². The van der Waals surface area contributed by atoms with Crippen molar-refractivity contribution < 1.29 is 0 Å². The number of benzene rings is 1. The van der Waals surface area contributed by atoms with E-state index in [1.807, 2.05) is 12.1 Å². The lowest BCUT2D eigenvalue weighted by Crippen LogP contribution is -2.10. The van der Waals surface area contributed by atoms with E-state index in [1.54, 1.807) is 0 Å². The predicted molar refractivity (Wildman–Crippen MR) is 85.0 cm³/mol. The summed E-state index contributed by atoms with van der Waals surface area (Å²) < 4.78 is 0. The summed E-state index contributed by atoms with van der Waals surface area (Å²) in [6.45, 7) is 15.3. The quantitative estimate of drug-likeness (QED) is 0.463. The van der Waals surface area contributed by atoms with E-state index in [0.29, 0.717) is 5.41 Å². The fraction of sp³-hybridized carbons (Fsp3) is 0.562.